The highest BCUT2D eigenvalue weighted by atomic mass is 28.4. The molecule has 0 bridgehead atoms. The lowest BCUT2D eigenvalue weighted by Gasteiger charge is -2.48. The maximum absolute atomic E-state index is 14.8. The molecule has 1 nitrogen and oxygen atoms in total. The number of benzene rings is 2. The van der Waals surface area contributed by atoms with Gasteiger partial charge in [0.1, 0.15) is 16.5 Å². The molecular weight excluding hydrogens is 487 g/mol. The van der Waals surface area contributed by atoms with E-state index >= 15 is 0 Å². The van der Waals surface area contributed by atoms with Gasteiger partial charge >= 0.3 is 0 Å². The summed E-state index contributed by atoms with van der Waals surface area (Å²) in [4.78, 5) is 0. The lowest BCUT2D eigenvalue weighted by Crippen LogP contribution is -2.74. The van der Waals surface area contributed by atoms with Gasteiger partial charge in [0.05, 0.1) is 0 Å². The Hall–Kier alpha value is -1.80. The monoisotopic (exact) mass is 505 g/mol. The Morgan fingerprint density at radius 3 is 0.781 bits per heavy atom. The van der Waals surface area contributed by atoms with E-state index in [0.29, 0.717) is 0 Å². The molecule has 2 rings (SSSR count). The van der Waals surface area contributed by atoms with Crippen molar-refractivity contribution in [3.63, 3.8) is 0 Å². The standard InChI is InChI=1S/C18H18BF10NSi2/c1-31(2,3)30(32(4,5)6)19(7-9(20)13(24)17(28)14(25)10(7)21)8-11(22)15(26)18(29)16(27)12(8)23/h1-6H3. The van der Waals surface area contributed by atoms with Gasteiger partial charge in [-0.15, -0.1) is 0 Å². The van der Waals surface area contributed by atoms with E-state index in [1.54, 1.807) is 0 Å². The van der Waals surface area contributed by atoms with E-state index in [4.69, 9.17) is 0 Å². The summed E-state index contributed by atoms with van der Waals surface area (Å²) in [6.07, 6.45) is 0. The van der Waals surface area contributed by atoms with Crippen LogP contribution in [0.3, 0.4) is 0 Å². The second-order valence-corrected chi connectivity index (χ2v) is 19.2. The minimum Gasteiger partial charge on any atom is -0.380 e. The molecule has 0 spiro atoms. The summed E-state index contributed by atoms with van der Waals surface area (Å²) in [6, 6.07) is 0. The number of nitrogens with zero attached hydrogens (tertiary/aromatic N) is 1. The minimum absolute atomic E-state index is 1.18. The molecule has 0 aromatic heterocycles. The SMILES string of the molecule is C[Si](C)(C)N(B(c1c(F)c(F)c(F)c(F)c1F)c1c(F)c(F)c(F)c(F)c1F)[Si](C)(C)C. The van der Waals surface area contributed by atoms with Gasteiger partial charge in [-0.25, -0.2) is 43.9 Å². The summed E-state index contributed by atoms with van der Waals surface area (Å²) in [5.41, 5.74) is -3.37. The van der Waals surface area contributed by atoms with Gasteiger partial charge in [-0.3, -0.25) is 0 Å². The van der Waals surface area contributed by atoms with Crippen LogP contribution < -0.4 is 10.9 Å². The van der Waals surface area contributed by atoms with Crippen molar-refractivity contribution in [2.75, 3.05) is 0 Å². The Morgan fingerprint density at radius 1 is 0.406 bits per heavy atom. The normalized spacial score (nSPS) is 12.7. The molecule has 0 saturated heterocycles. The molecule has 14 heteroatoms. The van der Waals surface area contributed by atoms with Crippen LogP contribution in [0.1, 0.15) is 0 Å². The Labute approximate surface area is 180 Å². The molecule has 0 radical (unpaired) electrons. The number of hydrogen-bond acceptors (Lipinski definition) is 1. The van der Waals surface area contributed by atoms with Gasteiger partial charge in [0, 0.05) is 10.9 Å². The first-order chi connectivity index (χ1) is 14.4. The molecule has 32 heavy (non-hydrogen) atoms. The van der Waals surface area contributed by atoms with E-state index in [9.17, 15) is 43.9 Å². The molecule has 0 aliphatic heterocycles. The summed E-state index contributed by atoms with van der Waals surface area (Å²) in [6.45, 7) is 6.76. The van der Waals surface area contributed by atoms with Crippen LogP contribution in [0.15, 0.2) is 0 Å². The summed E-state index contributed by atoms with van der Waals surface area (Å²) >= 11 is 0. The molecule has 0 amide bonds. The number of rotatable bonds is 5. The maximum atomic E-state index is 14.8. The number of halogens is 10. The topological polar surface area (TPSA) is 3.24 Å². The van der Waals surface area contributed by atoms with Gasteiger partial charge < -0.3 is 4.14 Å². The Bertz CT molecular complexity index is 940. The van der Waals surface area contributed by atoms with E-state index in [0.717, 1.165) is 0 Å². The first-order valence-electron chi connectivity index (χ1n) is 9.17. The van der Waals surface area contributed by atoms with Crippen LogP contribution in [0.5, 0.6) is 0 Å². The average molecular weight is 505 g/mol. The van der Waals surface area contributed by atoms with Gasteiger partial charge in [-0.1, -0.05) is 39.3 Å². The molecule has 0 heterocycles. The third-order valence-corrected chi connectivity index (χ3v) is 12.2. The van der Waals surface area contributed by atoms with Gasteiger partial charge in [-0.2, -0.15) is 0 Å². The van der Waals surface area contributed by atoms with Crippen molar-refractivity contribution in [2.45, 2.75) is 39.3 Å². The zero-order valence-corrected chi connectivity index (χ0v) is 19.8. The van der Waals surface area contributed by atoms with Gasteiger partial charge in [0.2, 0.25) is 0 Å². The van der Waals surface area contributed by atoms with E-state index in [1.807, 2.05) is 0 Å². The predicted octanol–water partition coefficient (Wildman–Crippen LogP) is 5.16. The fourth-order valence-electron chi connectivity index (χ4n) is 3.91. The molecule has 0 N–H and O–H groups in total. The van der Waals surface area contributed by atoms with Crippen LogP contribution in [0.2, 0.25) is 39.3 Å². The van der Waals surface area contributed by atoms with Gasteiger partial charge in [-0.05, 0) is 0 Å². The van der Waals surface area contributed by atoms with E-state index < -0.39 is 92.4 Å². The van der Waals surface area contributed by atoms with E-state index in [2.05, 4.69) is 0 Å². The van der Waals surface area contributed by atoms with Gasteiger partial charge in [0.15, 0.2) is 58.2 Å². The lowest BCUT2D eigenvalue weighted by molar-refractivity contribution is 0.381. The molecule has 0 fully saturated rings. The first-order valence-corrected chi connectivity index (χ1v) is 16.1. The molecule has 2 aromatic carbocycles. The highest BCUT2D eigenvalue weighted by Gasteiger charge is 2.49. The third-order valence-electron chi connectivity index (χ3n) is 4.74. The third kappa shape index (κ3) is 4.23. The van der Waals surface area contributed by atoms with Crippen molar-refractivity contribution in [1.29, 1.82) is 0 Å². The average Bonchev–Trinajstić information content (AvgIpc) is 2.65. The summed E-state index contributed by atoms with van der Waals surface area (Å²) in [5, 5.41) is 0. The highest BCUT2D eigenvalue weighted by Crippen LogP contribution is 2.27. The summed E-state index contributed by atoms with van der Waals surface area (Å²) < 4.78 is 144. The Balaban J connectivity index is 3.20. The van der Waals surface area contributed by atoms with E-state index in [1.165, 1.54) is 43.4 Å². The first kappa shape index (κ1) is 26.5. The fourth-order valence-corrected chi connectivity index (χ4v) is 14.0. The van der Waals surface area contributed by atoms with Crippen molar-refractivity contribution >= 4 is 34.2 Å². The number of hydrogen-bond donors (Lipinski definition) is 0. The van der Waals surface area contributed by atoms with Crippen LogP contribution in [0.4, 0.5) is 43.9 Å². The molecule has 0 atom stereocenters. The van der Waals surface area contributed by atoms with Crippen molar-refractivity contribution < 1.29 is 43.9 Å². The molecular formula is C18H18BF10NSi2. The van der Waals surface area contributed by atoms with Crippen LogP contribution in [-0.4, -0.2) is 27.5 Å². The summed E-state index contributed by atoms with van der Waals surface area (Å²) in [5.74, 6) is -24.3. The van der Waals surface area contributed by atoms with E-state index in [-0.39, 0.29) is 0 Å². The van der Waals surface area contributed by atoms with Crippen LogP contribution in [0.25, 0.3) is 0 Å². The van der Waals surface area contributed by atoms with Crippen LogP contribution in [0, 0.1) is 58.2 Å². The van der Waals surface area contributed by atoms with Crippen LogP contribution >= 0.6 is 0 Å². The Kier molecular flexibility index (Phi) is 7.04. The van der Waals surface area contributed by atoms with Gasteiger partial charge in [0.25, 0.3) is 6.85 Å². The zero-order valence-electron chi connectivity index (χ0n) is 17.8. The largest absolute Gasteiger partial charge is 0.380 e. The molecule has 176 valence electrons. The fraction of sp³-hybridized carbons (Fsp3) is 0.333. The predicted molar refractivity (Wildman–Crippen MR) is 106 cm³/mol. The summed E-state index contributed by atoms with van der Waals surface area (Å²) in [7, 11) is -5.98. The smallest absolute Gasteiger partial charge is 0.292 e. The van der Waals surface area contributed by atoms with Crippen molar-refractivity contribution in [1.82, 2.24) is 4.14 Å². The maximum Gasteiger partial charge on any atom is 0.292 e. The second-order valence-electron chi connectivity index (χ2n) is 9.08. The molecule has 0 saturated carbocycles. The highest BCUT2D eigenvalue weighted by molar-refractivity contribution is 7.05. The van der Waals surface area contributed by atoms with Crippen molar-refractivity contribution in [3.8, 4) is 0 Å². The van der Waals surface area contributed by atoms with Crippen molar-refractivity contribution in [2.24, 2.45) is 0 Å². The second kappa shape index (κ2) is 8.52. The lowest BCUT2D eigenvalue weighted by atomic mass is 9.51. The van der Waals surface area contributed by atoms with Crippen LogP contribution in [-0.2, 0) is 0 Å². The molecule has 0 aliphatic carbocycles. The molecule has 0 unspecified atom stereocenters. The minimum atomic E-state index is -2.99. The molecule has 0 aliphatic rings. The molecule has 2 aromatic rings. The zero-order chi connectivity index (χ0) is 25.1. The van der Waals surface area contributed by atoms with Crippen molar-refractivity contribution in [3.05, 3.63) is 58.2 Å². The quantitative estimate of drug-likeness (QED) is 0.235. The Morgan fingerprint density at radius 2 is 0.594 bits per heavy atom.